The summed E-state index contributed by atoms with van der Waals surface area (Å²) in [6.07, 6.45) is 1.07. The molecule has 1 unspecified atom stereocenters. The summed E-state index contributed by atoms with van der Waals surface area (Å²) in [6, 6.07) is 10.2. The SMILES string of the molecule is Cc1nn(C)c(C)c1S(=O)(=O)N1CCC2(CC1)C(=O)N(C(C)C)C2c1ccccc1. The number of rotatable bonds is 4. The summed E-state index contributed by atoms with van der Waals surface area (Å²) < 4.78 is 29.8. The zero-order valence-corrected chi connectivity index (χ0v) is 19.1. The summed E-state index contributed by atoms with van der Waals surface area (Å²) in [5.74, 6) is 0.150. The average molecular weight is 431 g/mol. The van der Waals surface area contributed by atoms with Crippen LogP contribution < -0.4 is 0 Å². The molecule has 0 aliphatic carbocycles. The van der Waals surface area contributed by atoms with Crippen molar-refractivity contribution >= 4 is 15.9 Å². The molecular formula is C22H30N4O3S. The molecule has 0 radical (unpaired) electrons. The molecule has 162 valence electrons. The topological polar surface area (TPSA) is 75.5 Å². The molecule has 1 aromatic heterocycles. The summed E-state index contributed by atoms with van der Waals surface area (Å²) in [7, 11) is -1.89. The van der Waals surface area contributed by atoms with Crippen molar-refractivity contribution in [3.8, 4) is 0 Å². The molecule has 7 nitrogen and oxygen atoms in total. The lowest BCUT2D eigenvalue weighted by molar-refractivity contribution is -0.183. The van der Waals surface area contributed by atoms with Crippen molar-refractivity contribution in [3.05, 3.63) is 47.3 Å². The zero-order valence-electron chi connectivity index (χ0n) is 18.3. The molecule has 2 saturated heterocycles. The predicted octanol–water partition coefficient (Wildman–Crippen LogP) is 2.80. The number of sulfonamides is 1. The highest BCUT2D eigenvalue weighted by Crippen LogP contribution is 2.57. The third-order valence-corrected chi connectivity index (χ3v) is 8.94. The van der Waals surface area contributed by atoms with Gasteiger partial charge in [-0.1, -0.05) is 30.3 Å². The van der Waals surface area contributed by atoms with Crippen molar-refractivity contribution in [2.75, 3.05) is 13.1 Å². The Morgan fingerprint density at radius 2 is 1.70 bits per heavy atom. The molecule has 0 N–H and O–H groups in total. The van der Waals surface area contributed by atoms with Gasteiger partial charge in [0.25, 0.3) is 0 Å². The first-order chi connectivity index (χ1) is 14.1. The van der Waals surface area contributed by atoms with Gasteiger partial charge in [0.05, 0.1) is 22.8 Å². The van der Waals surface area contributed by atoms with Crippen LogP contribution in [0.5, 0.6) is 0 Å². The van der Waals surface area contributed by atoms with E-state index in [1.807, 2.05) is 36.9 Å². The van der Waals surface area contributed by atoms with Crippen molar-refractivity contribution in [2.24, 2.45) is 12.5 Å². The fourth-order valence-electron chi connectivity index (χ4n) is 5.21. The second-order valence-electron chi connectivity index (χ2n) is 8.80. The van der Waals surface area contributed by atoms with Crippen LogP contribution in [0.3, 0.4) is 0 Å². The molecule has 3 heterocycles. The lowest BCUT2D eigenvalue weighted by atomic mass is 9.62. The van der Waals surface area contributed by atoms with Crippen LogP contribution in [0.4, 0.5) is 0 Å². The van der Waals surface area contributed by atoms with Crippen LogP contribution in [0, 0.1) is 19.3 Å². The number of hydrogen-bond acceptors (Lipinski definition) is 4. The smallest absolute Gasteiger partial charge is 0.246 e. The Bertz CT molecular complexity index is 1070. The highest BCUT2D eigenvalue weighted by atomic mass is 32.2. The number of nitrogens with zero attached hydrogens (tertiary/aromatic N) is 4. The Morgan fingerprint density at radius 3 is 2.20 bits per heavy atom. The Morgan fingerprint density at radius 1 is 1.10 bits per heavy atom. The molecule has 1 atom stereocenters. The first-order valence-electron chi connectivity index (χ1n) is 10.5. The molecule has 1 aromatic carbocycles. The Balaban J connectivity index is 1.62. The quantitative estimate of drug-likeness (QED) is 0.699. The number of amides is 1. The van der Waals surface area contributed by atoms with Crippen LogP contribution in [0.1, 0.15) is 49.7 Å². The van der Waals surface area contributed by atoms with Gasteiger partial charge in [-0.3, -0.25) is 9.48 Å². The number of aromatic nitrogens is 2. The predicted molar refractivity (Wildman–Crippen MR) is 114 cm³/mol. The second-order valence-corrected chi connectivity index (χ2v) is 10.7. The Labute approximate surface area is 178 Å². The highest BCUT2D eigenvalue weighted by Gasteiger charge is 2.62. The van der Waals surface area contributed by atoms with Gasteiger partial charge in [0.1, 0.15) is 4.90 Å². The largest absolute Gasteiger partial charge is 0.332 e. The normalized spacial score (nSPS) is 22.0. The Kier molecular flexibility index (Phi) is 5.05. The number of β-lactam (4-membered cyclic amide) rings is 1. The van der Waals surface area contributed by atoms with E-state index >= 15 is 0 Å². The Hall–Kier alpha value is -2.19. The first kappa shape index (κ1) is 21.1. The molecule has 2 aliphatic rings. The molecule has 30 heavy (non-hydrogen) atoms. The number of carbonyl (C=O) groups excluding carboxylic acids is 1. The van der Waals surface area contributed by atoms with Crippen LogP contribution in [-0.4, -0.2) is 52.4 Å². The van der Waals surface area contributed by atoms with Gasteiger partial charge in [0.2, 0.25) is 15.9 Å². The fraction of sp³-hybridized carbons (Fsp3) is 0.545. The van der Waals surface area contributed by atoms with Crippen molar-refractivity contribution < 1.29 is 13.2 Å². The maximum absolute atomic E-state index is 13.3. The van der Waals surface area contributed by atoms with E-state index in [1.54, 1.807) is 25.6 Å². The van der Waals surface area contributed by atoms with E-state index < -0.39 is 15.4 Å². The summed E-state index contributed by atoms with van der Waals surface area (Å²) in [5.41, 5.74) is 1.77. The molecule has 0 saturated carbocycles. The molecule has 2 aliphatic heterocycles. The maximum atomic E-state index is 13.3. The van der Waals surface area contributed by atoms with Gasteiger partial charge in [-0.2, -0.15) is 9.40 Å². The molecule has 1 amide bonds. The molecule has 0 bridgehead atoms. The van der Waals surface area contributed by atoms with Crippen LogP contribution in [0.15, 0.2) is 35.2 Å². The van der Waals surface area contributed by atoms with Crippen molar-refractivity contribution in [3.63, 3.8) is 0 Å². The van der Waals surface area contributed by atoms with E-state index in [9.17, 15) is 13.2 Å². The third-order valence-electron chi connectivity index (χ3n) is 6.79. The lowest BCUT2D eigenvalue weighted by Gasteiger charge is -2.60. The van der Waals surface area contributed by atoms with Crippen LogP contribution >= 0.6 is 0 Å². The van der Waals surface area contributed by atoms with Crippen LogP contribution in [-0.2, 0) is 21.9 Å². The summed E-state index contributed by atoms with van der Waals surface area (Å²) in [4.78, 5) is 15.5. The molecule has 1 spiro atoms. The van der Waals surface area contributed by atoms with E-state index in [0.29, 0.717) is 42.2 Å². The standard InChI is InChI=1S/C22H30N4O3S/c1-15(2)26-20(18-9-7-6-8-10-18)22(21(26)27)11-13-25(14-12-22)30(28,29)19-16(3)23-24(5)17(19)4/h6-10,15,20H,11-14H2,1-5H3. The number of hydrogen-bond donors (Lipinski definition) is 0. The van der Waals surface area contributed by atoms with Crippen molar-refractivity contribution in [1.29, 1.82) is 0 Å². The highest BCUT2D eigenvalue weighted by molar-refractivity contribution is 7.89. The number of carbonyl (C=O) groups is 1. The van der Waals surface area contributed by atoms with Crippen LogP contribution in [0.2, 0.25) is 0 Å². The number of piperidine rings is 1. The summed E-state index contributed by atoms with van der Waals surface area (Å²) in [5, 5.41) is 4.27. The van der Waals surface area contributed by atoms with Crippen LogP contribution in [0.25, 0.3) is 0 Å². The van der Waals surface area contributed by atoms with E-state index in [1.165, 1.54) is 4.31 Å². The molecular weight excluding hydrogens is 400 g/mol. The van der Waals surface area contributed by atoms with Gasteiger partial charge < -0.3 is 4.90 Å². The molecule has 4 rings (SSSR count). The lowest BCUT2D eigenvalue weighted by Crippen LogP contribution is -2.68. The minimum absolute atomic E-state index is 0.00193. The molecule has 2 fully saturated rings. The first-order valence-corrected chi connectivity index (χ1v) is 11.9. The average Bonchev–Trinajstić information content (AvgIpc) is 2.97. The monoisotopic (exact) mass is 430 g/mol. The van der Waals surface area contributed by atoms with Gasteiger partial charge in [0.15, 0.2) is 0 Å². The van der Waals surface area contributed by atoms with Crippen molar-refractivity contribution in [1.82, 2.24) is 19.0 Å². The zero-order chi connectivity index (χ0) is 21.8. The van der Waals surface area contributed by atoms with E-state index in [-0.39, 0.29) is 18.0 Å². The van der Waals surface area contributed by atoms with Gasteiger partial charge in [0, 0.05) is 26.2 Å². The van der Waals surface area contributed by atoms with E-state index in [2.05, 4.69) is 17.2 Å². The van der Waals surface area contributed by atoms with Gasteiger partial charge >= 0.3 is 0 Å². The van der Waals surface area contributed by atoms with Gasteiger partial charge in [-0.25, -0.2) is 8.42 Å². The number of likely N-dealkylation sites (tertiary alicyclic amines) is 1. The van der Waals surface area contributed by atoms with Crippen molar-refractivity contribution in [2.45, 2.75) is 57.5 Å². The maximum Gasteiger partial charge on any atom is 0.246 e. The van der Waals surface area contributed by atoms with E-state index in [0.717, 1.165) is 5.56 Å². The summed E-state index contributed by atoms with van der Waals surface area (Å²) in [6.45, 7) is 8.27. The second kappa shape index (κ2) is 7.20. The fourth-order valence-corrected chi connectivity index (χ4v) is 7.05. The van der Waals surface area contributed by atoms with Gasteiger partial charge in [-0.15, -0.1) is 0 Å². The third kappa shape index (κ3) is 2.92. The molecule has 2 aromatic rings. The van der Waals surface area contributed by atoms with Gasteiger partial charge in [-0.05, 0) is 46.1 Å². The minimum atomic E-state index is -3.64. The minimum Gasteiger partial charge on any atom is -0.332 e. The number of benzene rings is 1. The summed E-state index contributed by atoms with van der Waals surface area (Å²) >= 11 is 0. The van der Waals surface area contributed by atoms with E-state index in [4.69, 9.17) is 0 Å². The number of aryl methyl sites for hydroxylation is 2. The molecule has 8 heteroatoms.